The van der Waals surface area contributed by atoms with Crippen LogP contribution < -0.4 is 10.0 Å². The number of likely N-dealkylation sites (tertiary alicyclic amines) is 1. The summed E-state index contributed by atoms with van der Waals surface area (Å²) in [6, 6.07) is 11.5. The number of benzene rings is 2. The smallest absolute Gasteiger partial charge is 0.381 e. The Hall–Kier alpha value is -1.89. The van der Waals surface area contributed by atoms with Crippen LogP contribution in [0, 0.1) is 0 Å². The van der Waals surface area contributed by atoms with E-state index < -0.39 is 26.7 Å². The number of anilines is 1. The molecular formula is C24H28F3N3O3S3. The highest BCUT2D eigenvalue weighted by atomic mass is 32.2. The lowest BCUT2D eigenvalue weighted by Crippen LogP contribution is -2.42. The zero-order chi connectivity index (χ0) is 25.8. The van der Waals surface area contributed by atoms with Gasteiger partial charge in [0.1, 0.15) is 4.90 Å². The van der Waals surface area contributed by atoms with Gasteiger partial charge in [0.2, 0.25) is 10.0 Å². The second-order valence-electron chi connectivity index (χ2n) is 8.71. The number of amides is 1. The van der Waals surface area contributed by atoms with E-state index in [1.807, 2.05) is 6.07 Å². The molecule has 12 heteroatoms. The summed E-state index contributed by atoms with van der Waals surface area (Å²) in [5, 5.41) is 3.21. The maximum atomic E-state index is 13.4. The van der Waals surface area contributed by atoms with Crippen molar-refractivity contribution < 1.29 is 26.4 Å². The molecule has 2 aliphatic heterocycles. The Balaban J connectivity index is 1.47. The number of rotatable bonds is 7. The predicted molar refractivity (Wildman–Crippen MR) is 139 cm³/mol. The Morgan fingerprint density at radius 2 is 1.78 bits per heavy atom. The maximum Gasteiger partial charge on any atom is 0.416 e. The third kappa shape index (κ3) is 6.90. The minimum Gasteiger partial charge on any atom is -0.381 e. The van der Waals surface area contributed by atoms with Crippen LogP contribution in [0.2, 0.25) is 0 Å². The van der Waals surface area contributed by atoms with E-state index >= 15 is 0 Å². The number of nitrogens with one attached hydrogen (secondary N) is 2. The first kappa shape index (κ1) is 27.2. The molecule has 2 fully saturated rings. The highest BCUT2D eigenvalue weighted by Crippen LogP contribution is 2.34. The van der Waals surface area contributed by atoms with Crippen LogP contribution >= 0.6 is 23.5 Å². The molecule has 2 heterocycles. The molecule has 2 N–H and O–H groups in total. The fourth-order valence-electron chi connectivity index (χ4n) is 4.19. The molecule has 0 radical (unpaired) electrons. The van der Waals surface area contributed by atoms with Crippen LogP contribution in [-0.2, 0) is 16.2 Å². The maximum absolute atomic E-state index is 13.4. The van der Waals surface area contributed by atoms with Crippen LogP contribution in [0.25, 0.3) is 0 Å². The van der Waals surface area contributed by atoms with Gasteiger partial charge in [0.05, 0.1) is 11.3 Å². The fourth-order valence-corrected chi connectivity index (χ4v) is 8.18. The molecule has 2 saturated heterocycles. The lowest BCUT2D eigenvalue weighted by atomic mass is 10.0. The van der Waals surface area contributed by atoms with E-state index in [2.05, 4.69) is 10.0 Å². The van der Waals surface area contributed by atoms with Crippen LogP contribution in [0.15, 0.2) is 53.4 Å². The second kappa shape index (κ2) is 11.7. The summed E-state index contributed by atoms with van der Waals surface area (Å²) in [6.45, 7) is 1.08. The van der Waals surface area contributed by atoms with Gasteiger partial charge in [0, 0.05) is 53.7 Å². The fraction of sp³-hybridized carbons (Fsp3) is 0.458. The average molecular weight is 560 g/mol. The first-order valence-electron chi connectivity index (χ1n) is 11.6. The molecule has 6 nitrogen and oxygen atoms in total. The Morgan fingerprint density at radius 1 is 1.06 bits per heavy atom. The number of alkyl halides is 3. The van der Waals surface area contributed by atoms with Gasteiger partial charge in [0.15, 0.2) is 0 Å². The summed E-state index contributed by atoms with van der Waals surface area (Å²) in [6.07, 6.45) is -3.58. The lowest BCUT2D eigenvalue weighted by Gasteiger charge is -2.33. The number of hydrogen-bond donors (Lipinski definition) is 2. The first-order chi connectivity index (χ1) is 17.1. The van der Waals surface area contributed by atoms with E-state index in [-0.39, 0.29) is 29.4 Å². The van der Waals surface area contributed by atoms with Gasteiger partial charge in [-0.05, 0) is 43.2 Å². The van der Waals surface area contributed by atoms with Crippen molar-refractivity contribution in [3.63, 3.8) is 0 Å². The average Bonchev–Trinajstić information content (AvgIpc) is 2.88. The number of carbonyl (C=O) groups is 1. The number of piperidine rings is 1. The minimum atomic E-state index is -4.66. The summed E-state index contributed by atoms with van der Waals surface area (Å²) >= 11 is 3.40. The number of hydrogen-bond acceptors (Lipinski definition) is 6. The van der Waals surface area contributed by atoms with E-state index in [0.717, 1.165) is 23.3 Å². The quantitative estimate of drug-likeness (QED) is 0.519. The number of thioether (sulfide) groups is 2. The largest absolute Gasteiger partial charge is 0.416 e. The summed E-state index contributed by atoms with van der Waals surface area (Å²) in [5.74, 6) is 2.64. The van der Waals surface area contributed by atoms with Crippen molar-refractivity contribution in [2.24, 2.45) is 0 Å². The molecule has 2 aromatic rings. The Labute approximate surface area is 217 Å². The third-order valence-electron chi connectivity index (χ3n) is 6.15. The highest BCUT2D eigenvalue weighted by molar-refractivity contribution is 8.06. The zero-order valence-corrected chi connectivity index (χ0v) is 21.9. The molecule has 0 spiro atoms. The third-order valence-corrected chi connectivity index (χ3v) is 10.5. The molecule has 4 rings (SSSR count). The topological polar surface area (TPSA) is 78.5 Å². The van der Waals surface area contributed by atoms with Crippen LogP contribution in [0.5, 0.6) is 0 Å². The molecule has 2 aromatic carbocycles. The molecule has 0 saturated carbocycles. The van der Waals surface area contributed by atoms with E-state index in [1.165, 1.54) is 6.07 Å². The van der Waals surface area contributed by atoms with Crippen LogP contribution in [0.1, 0.15) is 28.8 Å². The zero-order valence-electron chi connectivity index (χ0n) is 19.5. The van der Waals surface area contributed by atoms with Crippen molar-refractivity contribution in [2.75, 3.05) is 42.2 Å². The van der Waals surface area contributed by atoms with Gasteiger partial charge >= 0.3 is 6.18 Å². The standard InChI is InChI=1S/C24H28F3N3O3S3/c25-24(26,27)18-6-7-21(22(14-18)36(32,33)28-15-20-16-34-12-13-35-20)29-19-8-10-30(11-9-19)23(31)17-4-2-1-3-5-17/h1-7,14,19-20,28-29H,8-13,15-16H2. The Kier molecular flexibility index (Phi) is 8.79. The van der Waals surface area contributed by atoms with E-state index in [9.17, 15) is 26.4 Å². The van der Waals surface area contributed by atoms with Gasteiger partial charge in [-0.25, -0.2) is 13.1 Å². The molecule has 0 bridgehead atoms. The molecule has 196 valence electrons. The summed E-state index contributed by atoms with van der Waals surface area (Å²) in [4.78, 5) is 14.0. The van der Waals surface area contributed by atoms with Crippen molar-refractivity contribution in [1.82, 2.24) is 9.62 Å². The van der Waals surface area contributed by atoms with E-state index in [1.54, 1.807) is 52.7 Å². The SMILES string of the molecule is O=C(c1ccccc1)N1CCC(Nc2ccc(C(F)(F)F)cc2S(=O)(=O)NCC2CSCCS2)CC1. The van der Waals surface area contributed by atoms with Crippen molar-refractivity contribution in [1.29, 1.82) is 0 Å². The monoisotopic (exact) mass is 559 g/mol. The highest BCUT2D eigenvalue weighted by Gasteiger charge is 2.34. The van der Waals surface area contributed by atoms with Gasteiger partial charge in [0.25, 0.3) is 5.91 Å². The first-order valence-corrected chi connectivity index (χ1v) is 15.3. The van der Waals surface area contributed by atoms with Gasteiger partial charge in [-0.15, -0.1) is 0 Å². The van der Waals surface area contributed by atoms with E-state index in [0.29, 0.717) is 37.6 Å². The van der Waals surface area contributed by atoms with Gasteiger partial charge in [-0.1, -0.05) is 18.2 Å². The molecule has 1 amide bonds. The number of halogens is 3. The number of carbonyl (C=O) groups excluding carboxylic acids is 1. The molecule has 1 atom stereocenters. The number of nitrogens with zero attached hydrogens (tertiary/aromatic N) is 1. The van der Waals surface area contributed by atoms with Crippen LogP contribution in [0.3, 0.4) is 0 Å². The normalized spacial score (nSPS) is 19.8. The molecule has 1 unspecified atom stereocenters. The Bertz CT molecular complexity index is 1150. The van der Waals surface area contributed by atoms with Gasteiger partial charge in [-0.2, -0.15) is 36.7 Å². The van der Waals surface area contributed by atoms with Crippen LogP contribution in [-0.4, -0.2) is 67.4 Å². The van der Waals surface area contributed by atoms with Gasteiger partial charge < -0.3 is 10.2 Å². The molecule has 36 heavy (non-hydrogen) atoms. The number of sulfonamides is 1. The van der Waals surface area contributed by atoms with E-state index in [4.69, 9.17) is 0 Å². The van der Waals surface area contributed by atoms with Crippen molar-refractivity contribution in [3.8, 4) is 0 Å². The Morgan fingerprint density at radius 3 is 2.42 bits per heavy atom. The summed E-state index contributed by atoms with van der Waals surface area (Å²) in [7, 11) is -4.18. The van der Waals surface area contributed by atoms with Crippen molar-refractivity contribution in [2.45, 2.75) is 35.2 Å². The van der Waals surface area contributed by atoms with Crippen LogP contribution in [0.4, 0.5) is 18.9 Å². The van der Waals surface area contributed by atoms with Crippen molar-refractivity contribution in [3.05, 3.63) is 59.7 Å². The summed E-state index contributed by atoms with van der Waals surface area (Å²) < 4.78 is 69.0. The minimum absolute atomic E-state index is 0.0743. The molecule has 2 aliphatic rings. The molecule has 0 aromatic heterocycles. The summed E-state index contributed by atoms with van der Waals surface area (Å²) in [5.41, 5.74) is -0.283. The second-order valence-corrected chi connectivity index (χ2v) is 13.0. The molecular weight excluding hydrogens is 531 g/mol. The lowest BCUT2D eigenvalue weighted by molar-refractivity contribution is -0.137. The van der Waals surface area contributed by atoms with Crippen molar-refractivity contribution >= 4 is 45.1 Å². The molecule has 0 aliphatic carbocycles. The predicted octanol–water partition coefficient (Wildman–Crippen LogP) is 4.55. The van der Waals surface area contributed by atoms with Gasteiger partial charge in [-0.3, -0.25) is 4.79 Å².